The SMILES string of the molecule is CCOC(=O)c1cn(C2CC2)c2cc(N3CCN(CC)CC3)c(NCC(O)CCl)cc2c1=O. The van der Waals surface area contributed by atoms with Crippen molar-refractivity contribution < 1.29 is 14.6 Å². The second kappa shape index (κ2) is 10.3. The third-order valence-electron chi connectivity index (χ3n) is 6.45. The fourth-order valence-corrected chi connectivity index (χ4v) is 4.49. The molecule has 33 heavy (non-hydrogen) atoms. The van der Waals surface area contributed by atoms with Gasteiger partial charge < -0.3 is 29.5 Å². The fourth-order valence-electron chi connectivity index (χ4n) is 4.38. The van der Waals surface area contributed by atoms with E-state index in [2.05, 4.69) is 32.7 Å². The number of alkyl halides is 1. The molecular formula is C24H33ClN4O4. The Morgan fingerprint density at radius 2 is 1.97 bits per heavy atom. The molecule has 2 aliphatic rings. The van der Waals surface area contributed by atoms with Crippen LogP contribution < -0.4 is 15.6 Å². The normalized spacial score (nSPS) is 17.9. The van der Waals surface area contributed by atoms with Crippen molar-refractivity contribution in [3.8, 4) is 0 Å². The first kappa shape index (κ1) is 23.9. The maximum absolute atomic E-state index is 13.3. The molecule has 8 nitrogen and oxygen atoms in total. The van der Waals surface area contributed by atoms with Crippen molar-refractivity contribution in [3.05, 3.63) is 34.1 Å². The summed E-state index contributed by atoms with van der Waals surface area (Å²) in [6.07, 6.45) is 3.00. The third kappa shape index (κ3) is 5.13. The molecule has 2 aromatic rings. The zero-order chi connectivity index (χ0) is 23.5. The lowest BCUT2D eigenvalue weighted by Gasteiger charge is -2.37. The van der Waals surface area contributed by atoms with Crippen LogP contribution in [0, 0.1) is 0 Å². The van der Waals surface area contributed by atoms with Crippen molar-refractivity contribution >= 4 is 39.8 Å². The number of carbonyl (C=O) groups is 1. The Morgan fingerprint density at radius 3 is 2.58 bits per heavy atom. The van der Waals surface area contributed by atoms with E-state index >= 15 is 0 Å². The van der Waals surface area contributed by atoms with Gasteiger partial charge in [0.05, 0.1) is 35.5 Å². The monoisotopic (exact) mass is 476 g/mol. The van der Waals surface area contributed by atoms with Gasteiger partial charge in [-0.05, 0) is 38.4 Å². The van der Waals surface area contributed by atoms with E-state index in [9.17, 15) is 14.7 Å². The van der Waals surface area contributed by atoms with E-state index in [4.69, 9.17) is 16.3 Å². The van der Waals surface area contributed by atoms with Crippen LogP contribution in [0.4, 0.5) is 11.4 Å². The molecule has 1 atom stereocenters. The van der Waals surface area contributed by atoms with Crippen LogP contribution in [0.3, 0.4) is 0 Å². The standard InChI is InChI=1S/C24H33ClN4O4/c1-3-27-7-9-28(10-8-27)22-12-21-18(11-20(22)26-14-17(30)13-25)23(31)19(24(32)33-4-2)15-29(21)16-5-6-16/h11-12,15-17,26,30H,3-10,13-14H2,1-2H3. The number of piperazine rings is 1. The van der Waals surface area contributed by atoms with Gasteiger partial charge >= 0.3 is 5.97 Å². The van der Waals surface area contributed by atoms with Crippen LogP contribution in [0.2, 0.25) is 0 Å². The summed E-state index contributed by atoms with van der Waals surface area (Å²) in [7, 11) is 0. The zero-order valence-electron chi connectivity index (χ0n) is 19.3. The number of fused-ring (bicyclic) bond motifs is 1. The largest absolute Gasteiger partial charge is 0.462 e. The van der Waals surface area contributed by atoms with E-state index in [1.165, 1.54) is 0 Å². The van der Waals surface area contributed by atoms with Gasteiger partial charge in [0.2, 0.25) is 5.43 Å². The average molecular weight is 477 g/mol. The maximum atomic E-state index is 13.3. The van der Waals surface area contributed by atoms with Crippen molar-refractivity contribution in [1.29, 1.82) is 0 Å². The van der Waals surface area contributed by atoms with Crippen LogP contribution in [-0.4, -0.2) is 78.4 Å². The fraction of sp³-hybridized carbons (Fsp3) is 0.583. The molecule has 2 fully saturated rings. The summed E-state index contributed by atoms with van der Waals surface area (Å²) in [5, 5.41) is 13.8. The van der Waals surface area contributed by atoms with E-state index in [0.717, 1.165) is 62.5 Å². The second-order valence-corrected chi connectivity index (χ2v) is 9.04. The lowest BCUT2D eigenvalue weighted by molar-refractivity contribution is 0.0524. The number of likely N-dealkylation sites (N-methyl/N-ethyl adjacent to an activating group) is 1. The molecule has 0 spiro atoms. The predicted molar refractivity (Wildman–Crippen MR) is 132 cm³/mol. The molecule has 0 bridgehead atoms. The van der Waals surface area contributed by atoms with Gasteiger partial charge in [-0.15, -0.1) is 11.6 Å². The number of rotatable bonds is 9. The predicted octanol–water partition coefficient (Wildman–Crippen LogP) is 2.67. The minimum atomic E-state index is -0.707. The summed E-state index contributed by atoms with van der Waals surface area (Å²) in [6.45, 7) is 9.09. The molecule has 0 amide bonds. The van der Waals surface area contributed by atoms with Gasteiger partial charge in [-0.3, -0.25) is 4.79 Å². The van der Waals surface area contributed by atoms with Gasteiger partial charge in [-0.2, -0.15) is 0 Å². The molecule has 1 saturated heterocycles. The van der Waals surface area contributed by atoms with E-state index in [-0.39, 0.29) is 36.1 Å². The minimum Gasteiger partial charge on any atom is -0.462 e. The van der Waals surface area contributed by atoms with Gasteiger partial charge in [0.25, 0.3) is 0 Å². The highest BCUT2D eigenvalue weighted by Gasteiger charge is 2.29. The number of hydrogen-bond acceptors (Lipinski definition) is 7. The molecule has 9 heteroatoms. The topological polar surface area (TPSA) is 87.0 Å². The summed E-state index contributed by atoms with van der Waals surface area (Å²) in [5.74, 6) is -0.474. The maximum Gasteiger partial charge on any atom is 0.343 e. The smallest absolute Gasteiger partial charge is 0.343 e. The lowest BCUT2D eigenvalue weighted by Crippen LogP contribution is -2.46. The molecule has 1 aromatic carbocycles. The van der Waals surface area contributed by atoms with E-state index in [0.29, 0.717) is 5.39 Å². The van der Waals surface area contributed by atoms with E-state index in [1.807, 2.05) is 6.07 Å². The summed E-state index contributed by atoms with van der Waals surface area (Å²) < 4.78 is 7.21. The van der Waals surface area contributed by atoms with Gasteiger partial charge in [0, 0.05) is 50.3 Å². The van der Waals surface area contributed by atoms with Crippen LogP contribution in [0.5, 0.6) is 0 Å². The summed E-state index contributed by atoms with van der Waals surface area (Å²) in [4.78, 5) is 30.6. The minimum absolute atomic E-state index is 0.0623. The van der Waals surface area contributed by atoms with Crippen LogP contribution >= 0.6 is 11.6 Å². The van der Waals surface area contributed by atoms with Gasteiger partial charge in [-0.25, -0.2) is 4.79 Å². The number of hydrogen-bond donors (Lipinski definition) is 2. The molecular weight excluding hydrogens is 444 g/mol. The van der Waals surface area contributed by atoms with Gasteiger partial charge in [0.1, 0.15) is 5.56 Å². The number of aromatic nitrogens is 1. The number of aliphatic hydroxyl groups is 1. The second-order valence-electron chi connectivity index (χ2n) is 8.73. The highest BCUT2D eigenvalue weighted by Crippen LogP contribution is 2.39. The first-order chi connectivity index (χ1) is 16.0. The zero-order valence-corrected chi connectivity index (χ0v) is 20.1. The summed E-state index contributed by atoms with van der Waals surface area (Å²) in [6, 6.07) is 4.16. The molecule has 0 radical (unpaired) electrons. The number of aliphatic hydroxyl groups excluding tert-OH is 1. The Balaban J connectivity index is 1.83. The number of anilines is 2. The molecule has 1 saturated carbocycles. The van der Waals surface area contributed by atoms with Crippen molar-refractivity contribution in [2.45, 2.75) is 38.8 Å². The summed E-state index contributed by atoms with van der Waals surface area (Å²) in [5.41, 5.74) is 2.32. The molecule has 4 rings (SSSR count). The molecule has 1 aliphatic heterocycles. The van der Waals surface area contributed by atoms with Crippen LogP contribution in [0.25, 0.3) is 10.9 Å². The summed E-state index contributed by atoms with van der Waals surface area (Å²) >= 11 is 5.80. The lowest BCUT2D eigenvalue weighted by atomic mass is 10.1. The Labute approximate surface area is 199 Å². The number of halogens is 1. The van der Waals surface area contributed by atoms with Crippen molar-refractivity contribution in [2.75, 3.05) is 62.0 Å². The van der Waals surface area contributed by atoms with Crippen LogP contribution in [-0.2, 0) is 4.74 Å². The highest BCUT2D eigenvalue weighted by molar-refractivity contribution is 6.18. The highest BCUT2D eigenvalue weighted by atomic mass is 35.5. The van der Waals surface area contributed by atoms with Gasteiger partial charge in [0.15, 0.2) is 0 Å². The Hall–Kier alpha value is -2.29. The van der Waals surface area contributed by atoms with Crippen molar-refractivity contribution in [1.82, 2.24) is 9.47 Å². The number of nitrogens with zero attached hydrogens (tertiary/aromatic N) is 3. The first-order valence-corrected chi connectivity index (χ1v) is 12.3. The number of pyridine rings is 1. The molecule has 1 aliphatic carbocycles. The number of esters is 1. The molecule has 1 unspecified atom stereocenters. The number of carbonyl (C=O) groups excluding carboxylic acids is 1. The number of benzene rings is 1. The van der Waals surface area contributed by atoms with Crippen LogP contribution in [0.1, 0.15) is 43.1 Å². The van der Waals surface area contributed by atoms with E-state index < -0.39 is 12.1 Å². The number of nitrogens with one attached hydrogen (secondary N) is 1. The average Bonchev–Trinajstić information content (AvgIpc) is 3.68. The van der Waals surface area contributed by atoms with E-state index in [1.54, 1.807) is 13.1 Å². The third-order valence-corrected chi connectivity index (χ3v) is 6.81. The Morgan fingerprint density at radius 1 is 1.24 bits per heavy atom. The number of ether oxygens (including phenoxy) is 1. The van der Waals surface area contributed by atoms with Crippen molar-refractivity contribution in [2.24, 2.45) is 0 Å². The van der Waals surface area contributed by atoms with Crippen molar-refractivity contribution in [3.63, 3.8) is 0 Å². The van der Waals surface area contributed by atoms with Gasteiger partial charge in [-0.1, -0.05) is 6.92 Å². The molecule has 1 aromatic heterocycles. The molecule has 2 N–H and O–H groups in total. The quantitative estimate of drug-likeness (QED) is 0.425. The Bertz CT molecular complexity index is 1060. The molecule has 2 heterocycles. The molecule has 180 valence electrons. The van der Waals surface area contributed by atoms with Crippen LogP contribution in [0.15, 0.2) is 23.1 Å². The first-order valence-electron chi connectivity index (χ1n) is 11.8. The Kier molecular flexibility index (Phi) is 7.46.